The molecule has 2 aromatic heterocycles. The van der Waals surface area contributed by atoms with Crippen LogP contribution >= 0.6 is 0 Å². The van der Waals surface area contributed by atoms with Crippen LogP contribution in [0.1, 0.15) is 36.1 Å². The van der Waals surface area contributed by atoms with Crippen LogP contribution in [0, 0.1) is 0 Å². The predicted molar refractivity (Wildman–Crippen MR) is 78.8 cm³/mol. The van der Waals surface area contributed by atoms with Gasteiger partial charge in [0.2, 0.25) is 5.89 Å². The summed E-state index contributed by atoms with van der Waals surface area (Å²) in [5.74, 6) is 2.16. The topological polar surface area (TPSA) is 76.8 Å². The molecular formula is C16H16N4O2. The normalized spacial score (nSPS) is 14.4. The van der Waals surface area contributed by atoms with Gasteiger partial charge >= 0.3 is 0 Å². The Labute approximate surface area is 127 Å². The molecule has 112 valence electrons. The minimum atomic E-state index is 0.341. The minimum absolute atomic E-state index is 0.341. The molecule has 0 atom stereocenters. The van der Waals surface area contributed by atoms with Crippen molar-refractivity contribution in [2.45, 2.75) is 32.0 Å². The molecule has 1 aromatic carbocycles. The van der Waals surface area contributed by atoms with Crippen LogP contribution in [0.25, 0.3) is 11.3 Å². The maximum Gasteiger partial charge on any atom is 0.220 e. The minimum Gasteiger partial charge on any atom is -0.443 e. The van der Waals surface area contributed by atoms with E-state index in [0.29, 0.717) is 25.0 Å². The molecule has 0 spiro atoms. The number of aromatic amines is 1. The van der Waals surface area contributed by atoms with Crippen molar-refractivity contribution in [2.75, 3.05) is 0 Å². The van der Waals surface area contributed by atoms with Gasteiger partial charge in [-0.2, -0.15) is 15.4 Å². The van der Waals surface area contributed by atoms with Gasteiger partial charge in [0.25, 0.3) is 0 Å². The lowest BCUT2D eigenvalue weighted by molar-refractivity contribution is 0.0867. The van der Waals surface area contributed by atoms with E-state index in [1.165, 1.54) is 12.8 Å². The van der Waals surface area contributed by atoms with Crippen LogP contribution in [0.5, 0.6) is 0 Å². The molecule has 6 heteroatoms. The quantitative estimate of drug-likeness (QED) is 0.756. The molecule has 6 nitrogen and oxygen atoms in total. The largest absolute Gasteiger partial charge is 0.443 e. The molecule has 1 N–H and O–H groups in total. The third-order valence-electron chi connectivity index (χ3n) is 3.68. The summed E-state index contributed by atoms with van der Waals surface area (Å²) in [4.78, 5) is 4.24. The SMILES string of the molecule is c1ccc(-c2n[nH]nc2COCc2ncc(C3CC3)o2)cc1. The molecule has 0 amide bonds. The molecule has 0 bridgehead atoms. The first kappa shape index (κ1) is 13.2. The number of nitrogens with one attached hydrogen (secondary N) is 1. The number of hydrogen-bond donors (Lipinski definition) is 1. The van der Waals surface area contributed by atoms with Crippen molar-refractivity contribution >= 4 is 0 Å². The van der Waals surface area contributed by atoms with Gasteiger partial charge in [-0.15, -0.1) is 0 Å². The Balaban J connectivity index is 1.38. The van der Waals surface area contributed by atoms with E-state index in [9.17, 15) is 0 Å². The molecule has 2 heterocycles. The van der Waals surface area contributed by atoms with E-state index in [2.05, 4.69) is 20.4 Å². The lowest BCUT2D eigenvalue weighted by Gasteiger charge is -2.01. The Morgan fingerprint density at radius 2 is 2.00 bits per heavy atom. The van der Waals surface area contributed by atoms with Crippen LogP contribution in [0.2, 0.25) is 0 Å². The third-order valence-corrected chi connectivity index (χ3v) is 3.68. The summed E-state index contributed by atoms with van der Waals surface area (Å²) in [5.41, 5.74) is 2.61. The third kappa shape index (κ3) is 2.78. The number of ether oxygens (including phenoxy) is 1. The molecular weight excluding hydrogens is 280 g/mol. The molecule has 0 unspecified atom stereocenters. The van der Waals surface area contributed by atoms with Crippen molar-refractivity contribution in [3.8, 4) is 11.3 Å². The molecule has 0 radical (unpaired) electrons. The molecule has 1 aliphatic carbocycles. The number of H-pyrrole nitrogens is 1. The number of oxazole rings is 1. The van der Waals surface area contributed by atoms with Gasteiger partial charge in [0.05, 0.1) is 12.8 Å². The van der Waals surface area contributed by atoms with Crippen molar-refractivity contribution in [2.24, 2.45) is 0 Å². The molecule has 22 heavy (non-hydrogen) atoms. The van der Waals surface area contributed by atoms with Gasteiger partial charge in [-0.1, -0.05) is 30.3 Å². The Morgan fingerprint density at radius 3 is 2.82 bits per heavy atom. The maximum absolute atomic E-state index is 5.66. The second-order valence-corrected chi connectivity index (χ2v) is 5.41. The number of hydrogen-bond acceptors (Lipinski definition) is 5. The van der Waals surface area contributed by atoms with Gasteiger partial charge < -0.3 is 9.15 Å². The Kier molecular flexibility index (Phi) is 3.44. The van der Waals surface area contributed by atoms with Crippen molar-refractivity contribution < 1.29 is 9.15 Å². The summed E-state index contributed by atoms with van der Waals surface area (Å²) < 4.78 is 11.3. The number of rotatable bonds is 6. The zero-order chi connectivity index (χ0) is 14.8. The monoisotopic (exact) mass is 296 g/mol. The summed E-state index contributed by atoms with van der Waals surface area (Å²) in [6, 6.07) is 9.91. The van der Waals surface area contributed by atoms with E-state index in [1.807, 2.05) is 36.5 Å². The highest BCUT2D eigenvalue weighted by Gasteiger charge is 2.27. The molecule has 1 fully saturated rings. The van der Waals surface area contributed by atoms with E-state index in [-0.39, 0.29) is 0 Å². The Hall–Kier alpha value is -2.47. The summed E-state index contributed by atoms with van der Waals surface area (Å²) in [5, 5.41) is 11.0. The van der Waals surface area contributed by atoms with Gasteiger partial charge in [-0.25, -0.2) is 4.98 Å². The lowest BCUT2D eigenvalue weighted by Crippen LogP contribution is -1.96. The average molecular weight is 296 g/mol. The van der Waals surface area contributed by atoms with Gasteiger partial charge in [0.1, 0.15) is 23.8 Å². The summed E-state index contributed by atoms with van der Waals surface area (Å²) >= 11 is 0. The zero-order valence-corrected chi connectivity index (χ0v) is 12.0. The Bertz CT molecular complexity index is 746. The highest BCUT2D eigenvalue weighted by molar-refractivity contribution is 5.60. The van der Waals surface area contributed by atoms with Gasteiger partial charge in [-0.05, 0) is 12.8 Å². The second-order valence-electron chi connectivity index (χ2n) is 5.41. The predicted octanol–water partition coefficient (Wildman–Crippen LogP) is 3.05. The first-order valence-electron chi connectivity index (χ1n) is 7.37. The van der Waals surface area contributed by atoms with Gasteiger partial charge in [-0.3, -0.25) is 0 Å². The fourth-order valence-corrected chi connectivity index (χ4v) is 2.36. The first-order valence-corrected chi connectivity index (χ1v) is 7.37. The number of nitrogens with zero attached hydrogens (tertiary/aromatic N) is 3. The van der Waals surface area contributed by atoms with Gasteiger partial charge in [0, 0.05) is 11.5 Å². The van der Waals surface area contributed by atoms with Crippen LogP contribution in [0.3, 0.4) is 0 Å². The van der Waals surface area contributed by atoms with Crippen LogP contribution in [0.15, 0.2) is 40.9 Å². The van der Waals surface area contributed by atoms with E-state index in [0.717, 1.165) is 22.7 Å². The summed E-state index contributed by atoms with van der Waals surface area (Å²) in [6.07, 6.45) is 4.21. The van der Waals surface area contributed by atoms with Crippen LogP contribution < -0.4 is 0 Å². The molecule has 1 aliphatic rings. The smallest absolute Gasteiger partial charge is 0.220 e. The maximum atomic E-state index is 5.66. The molecule has 0 aliphatic heterocycles. The van der Waals surface area contributed by atoms with Gasteiger partial charge in [0.15, 0.2) is 0 Å². The van der Waals surface area contributed by atoms with E-state index >= 15 is 0 Å². The van der Waals surface area contributed by atoms with E-state index < -0.39 is 0 Å². The standard InChI is InChI=1S/C16H16N4O2/c1-2-4-12(5-3-1)16-13(18-20-19-16)9-21-10-15-17-8-14(22-15)11-6-7-11/h1-5,8,11H,6-7,9-10H2,(H,18,19,20). The van der Waals surface area contributed by atoms with Crippen LogP contribution in [-0.2, 0) is 18.0 Å². The fraction of sp³-hybridized carbons (Fsp3) is 0.312. The number of benzene rings is 1. The van der Waals surface area contributed by atoms with Crippen molar-refractivity contribution in [1.82, 2.24) is 20.4 Å². The van der Waals surface area contributed by atoms with Crippen LogP contribution in [0.4, 0.5) is 0 Å². The average Bonchev–Trinajstić information content (AvgIpc) is 3.12. The number of aromatic nitrogens is 4. The molecule has 4 rings (SSSR count). The molecule has 3 aromatic rings. The highest BCUT2D eigenvalue weighted by atomic mass is 16.5. The van der Waals surface area contributed by atoms with E-state index in [4.69, 9.17) is 9.15 Å². The summed E-state index contributed by atoms with van der Waals surface area (Å²) in [6.45, 7) is 0.704. The van der Waals surface area contributed by atoms with Crippen molar-refractivity contribution in [1.29, 1.82) is 0 Å². The zero-order valence-electron chi connectivity index (χ0n) is 12.0. The fourth-order valence-electron chi connectivity index (χ4n) is 2.36. The first-order chi connectivity index (χ1) is 10.9. The van der Waals surface area contributed by atoms with Crippen molar-refractivity contribution in [3.05, 3.63) is 53.9 Å². The summed E-state index contributed by atoms with van der Waals surface area (Å²) in [7, 11) is 0. The molecule has 1 saturated carbocycles. The highest BCUT2D eigenvalue weighted by Crippen LogP contribution is 2.40. The van der Waals surface area contributed by atoms with E-state index in [1.54, 1.807) is 0 Å². The van der Waals surface area contributed by atoms with Crippen molar-refractivity contribution in [3.63, 3.8) is 0 Å². The van der Waals surface area contributed by atoms with Crippen LogP contribution in [-0.4, -0.2) is 20.4 Å². The second kappa shape index (κ2) is 5.73. The Morgan fingerprint density at radius 1 is 1.14 bits per heavy atom. The molecule has 0 saturated heterocycles. The lowest BCUT2D eigenvalue weighted by atomic mass is 10.1.